The molecular formula is C51H102N4O2. The van der Waals surface area contributed by atoms with Gasteiger partial charge in [-0.3, -0.25) is 14.5 Å². The van der Waals surface area contributed by atoms with Crippen LogP contribution in [-0.2, 0) is 9.59 Å². The summed E-state index contributed by atoms with van der Waals surface area (Å²) in [7, 11) is 0. The molecule has 1 rings (SSSR count). The number of carbonyl (C=O) groups is 2. The summed E-state index contributed by atoms with van der Waals surface area (Å²) in [6, 6.07) is 0.817. The molecule has 0 spiro atoms. The van der Waals surface area contributed by atoms with Crippen molar-refractivity contribution in [1.29, 1.82) is 0 Å². The molecule has 0 radical (unpaired) electrons. The van der Waals surface area contributed by atoms with Crippen molar-refractivity contribution < 1.29 is 9.59 Å². The predicted octanol–water partition coefficient (Wildman–Crippen LogP) is 13.8. The van der Waals surface area contributed by atoms with Crippen LogP contribution in [0.2, 0.25) is 0 Å². The van der Waals surface area contributed by atoms with E-state index in [0.29, 0.717) is 24.7 Å². The van der Waals surface area contributed by atoms with Crippen molar-refractivity contribution in [1.82, 2.24) is 20.4 Å². The van der Waals surface area contributed by atoms with E-state index < -0.39 is 0 Å². The third-order valence-corrected chi connectivity index (χ3v) is 13.0. The van der Waals surface area contributed by atoms with Gasteiger partial charge in [-0.1, -0.05) is 176 Å². The lowest BCUT2D eigenvalue weighted by Gasteiger charge is -2.27. The van der Waals surface area contributed by atoms with Crippen LogP contribution < -0.4 is 10.6 Å². The fourth-order valence-corrected chi connectivity index (χ4v) is 8.78. The van der Waals surface area contributed by atoms with E-state index in [9.17, 15) is 9.59 Å². The van der Waals surface area contributed by atoms with Crippen molar-refractivity contribution in [2.75, 3.05) is 45.8 Å². The van der Waals surface area contributed by atoms with Crippen molar-refractivity contribution >= 4 is 11.8 Å². The summed E-state index contributed by atoms with van der Waals surface area (Å²) in [6.45, 7) is 18.9. The Morgan fingerprint density at radius 3 is 1.16 bits per heavy atom. The van der Waals surface area contributed by atoms with E-state index in [-0.39, 0.29) is 11.8 Å². The van der Waals surface area contributed by atoms with Gasteiger partial charge in [0.05, 0.1) is 0 Å². The fourth-order valence-electron chi connectivity index (χ4n) is 8.78. The van der Waals surface area contributed by atoms with E-state index in [0.717, 1.165) is 71.0 Å². The summed E-state index contributed by atoms with van der Waals surface area (Å²) in [5, 5.41) is 6.69. The van der Waals surface area contributed by atoms with Gasteiger partial charge in [0.25, 0.3) is 0 Å². The van der Waals surface area contributed by atoms with Crippen molar-refractivity contribution in [3.05, 3.63) is 0 Å². The standard InChI is InChI=1S/C51H102N4O2/c1-6-11-15-19-21-27-35-47(33-25-17-13-8-3)45-52-50(56)37-29-23-31-41-54(43-44-55(10-5)49-39-40-49)42-32-24-30-38-51(57)53-46-48(34-26-18-14-9-4)36-28-22-20-16-12-7-2/h47-49H,6-46H2,1-5H3,(H,52,56)(H,53,57). The Balaban J connectivity index is 2.40. The first-order chi connectivity index (χ1) is 28.0. The van der Waals surface area contributed by atoms with E-state index in [2.05, 4.69) is 55.1 Å². The minimum absolute atomic E-state index is 0.265. The quantitative estimate of drug-likeness (QED) is 0.0602. The smallest absolute Gasteiger partial charge is 0.220 e. The van der Waals surface area contributed by atoms with E-state index in [4.69, 9.17) is 0 Å². The van der Waals surface area contributed by atoms with Crippen molar-refractivity contribution in [3.63, 3.8) is 0 Å². The van der Waals surface area contributed by atoms with Crippen LogP contribution in [0.25, 0.3) is 0 Å². The van der Waals surface area contributed by atoms with Gasteiger partial charge in [-0.15, -0.1) is 0 Å². The maximum Gasteiger partial charge on any atom is 0.220 e. The van der Waals surface area contributed by atoms with Crippen LogP contribution in [0.1, 0.15) is 253 Å². The maximum absolute atomic E-state index is 12.9. The third-order valence-electron chi connectivity index (χ3n) is 13.0. The molecule has 0 aromatic heterocycles. The lowest BCUT2D eigenvalue weighted by molar-refractivity contribution is -0.122. The Kier molecular flexibility index (Phi) is 38.1. The van der Waals surface area contributed by atoms with E-state index >= 15 is 0 Å². The summed E-state index contributed by atoms with van der Waals surface area (Å²) in [5.41, 5.74) is 0. The average molecular weight is 803 g/mol. The molecule has 2 atom stereocenters. The maximum atomic E-state index is 12.9. The van der Waals surface area contributed by atoms with Crippen LogP contribution in [0.15, 0.2) is 0 Å². The Labute approximate surface area is 357 Å². The van der Waals surface area contributed by atoms with Gasteiger partial charge in [0.1, 0.15) is 0 Å². The molecule has 6 nitrogen and oxygen atoms in total. The number of rotatable bonds is 45. The third kappa shape index (κ3) is 34.3. The highest BCUT2D eigenvalue weighted by atomic mass is 16.2. The van der Waals surface area contributed by atoms with Gasteiger partial charge in [-0.2, -0.15) is 0 Å². The minimum Gasteiger partial charge on any atom is -0.356 e. The summed E-state index contributed by atoms with van der Waals surface area (Å²) in [4.78, 5) is 31.1. The van der Waals surface area contributed by atoms with Crippen LogP contribution in [0.3, 0.4) is 0 Å². The molecule has 0 heterocycles. The van der Waals surface area contributed by atoms with Gasteiger partial charge >= 0.3 is 0 Å². The first-order valence-corrected chi connectivity index (χ1v) is 26.0. The van der Waals surface area contributed by atoms with Gasteiger partial charge < -0.3 is 15.5 Å². The first-order valence-electron chi connectivity index (χ1n) is 26.0. The highest BCUT2D eigenvalue weighted by Crippen LogP contribution is 2.26. The normalized spacial score (nSPS) is 14.1. The second-order valence-corrected chi connectivity index (χ2v) is 18.5. The Morgan fingerprint density at radius 2 is 0.789 bits per heavy atom. The van der Waals surface area contributed by atoms with Crippen molar-refractivity contribution in [3.8, 4) is 0 Å². The zero-order valence-corrected chi connectivity index (χ0v) is 39.4. The van der Waals surface area contributed by atoms with Gasteiger partial charge in [0, 0.05) is 45.1 Å². The largest absolute Gasteiger partial charge is 0.356 e. The molecule has 1 aliphatic rings. The molecule has 1 saturated carbocycles. The van der Waals surface area contributed by atoms with E-state index in [1.807, 2.05) is 0 Å². The molecule has 0 saturated heterocycles. The molecule has 338 valence electrons. The zero-order chi connectivity index (χ0) is 41.4. The summed E-state index contributed by atoms with van der Waals surface area (Å²) in [5.74, 6) is 1.83. The summed E-state index contributed by atoms with van der Waals surface area (Å²) in [6.07, 6.45) is 42.5. The molecule has 2 unspecified atom stereocenters. The topological polar surface area (TPSA) is 64.7 Å². The highest BCUT2D eigenvalue weighted by Gasteiger charge is 2.27. The number of hydrogen-bond donors (Lipinski definition) is 2. The molecule has 1 aliphatic carbocycles. The number of nitrogens with zero attached hydrogens (tertiary/aromatic N) is 2. The summed E-state index contributed by atoms with van der Waals surface area (Å²) < 4.78 is 0. The molecule has 6 heteroatoms. The van der Waals surface area contributed by atoms with E-state index in [1.54, 1.807) is 0 Å². The van der Waals surface area contributed by atoms with Gasteiger partial charge in [-0.25, -0.2) is 0 Å². The van der Waals surface area contributed by atoms with Crippen LogP contribution in [0.5, 0.6) is 0 Å². The Hall–Kier alpha value is -1.14. The lowest BCUT2D eigenvalue weighted by Crippen LogP contribution is -2.37. The SMILES string of the molecule is CCCCCCCCC(CCCCCC)CNC(=O)CCCCCN(CCCCCC(=O)NCC(CCCCCC)CCCCCCCC)CCN(CC)C1CC1. The average Bonchev–Trinajstić information content (AvgIpc) is 4.06. The molecule has 2 amide bonds. The fraction of sp³-hybridized carbons (Fsp3) is 0.961. The molecule has 0 aromatic carbocycles. The number of hydrogen-bond acceptors (Lipinski definition) is 4. The molecule has 0 bridgehead atoms. The zero-order valence-electron chi connectivity index (χ0n) is 39.4. The number of likely N-dealkylation sites (N-methyl/N-ethyl adjacent to an activating group) is 1. The molecule has 0 aromatic rings. The van der Waals surface area contributed by atoms with Gasteiger partial charge in [-0.05, 0) is 95.7 Å². The minimum atomic E-state index is 0.265. The van der Waals surface area contributed by atoms with E-state index in [1.165, 1.54) is 186 Å². The molecular weight excluding hydrogens is 701 g/mol. The highest BCUT2D eigenvalue weighted by molar-refractivity contribution is 5.76. The second-order valence-electron chi connectivity index (χ2n) is 18.5. The van der Waals surface area contributed by atoms with Crippen molar-refractivity contribution in [2.45, 2.75) is 259 Å². The van der Waals surface area contributed by atoms with Crippen molar-refractivity contribution in [2.24, 2.45) is 11.8 Å². The number of carbonyl (C=O) groups excluding carboxylic acids is 2. The first kappa shape index (κ1) is 53.9. The second kappa shape index (κ2) is 40.3. The lowest BCUT2D eigenvalue weighted by atomic mass is 9.94. The molecule has 1 fully saturated rings. The number of unbranched alkanes of at least 4 members (excludes halogenated alkanes) is 20. The Bertz CT molecular complexity index is 821. The Morgan fingerprint density at radius 1 is 0.439 bits per heavy atom. The van der Waals surface area contributed by atoms with Gasteiger partial charge in [0.15, 0.2) is 0 Å². The summed E-state index contributed by atoms with van der Waals surface area (Å²) >= 11 is 0. The number of amides is 2. The molecule has 57 heavy (non-hydrogen) atoms. The monoisotopic (exact) mass is 803 g/mol. The molecule has 2 N–H and O–H groups in total. The van der Waals surface area contributed by atoms with Crippen LogP contribution in [-0.4, -0.2) is 73.5 Å². The predicted molar refractivity (Wildman–Crippen MR) is 250 cm³/mol. The molecule has 0 aliphatic heterocycles. The van der Waals surface area contributed by atoms with Crippen LogP contribution in [0, 0.1) is 11.8 Å². The van der Waals surface area contributed by atoms with Gasteiger partial charge in [0.2, 0.25) is 11.8 Å². The van der Waals surface area contributed by atoms with Crippen LogP contribution in [0.4, 0.5) is 0 Å². The number of nitrogens with one attached hydrogen (secondary N) is 2. The van der Waals surface area contributed by atoms with Crippen LogP contribution >= 0.6 is 0 Å².